The summed E-state index contributed by atoms with van der Waals surface area (Å²) in [5.74, 6) is 2.54. The number of Topliss-reactive ketones (excluding diaryl/α,β-unsaturated/α-hetero) is 2. The summed E-state index contributed by atoms with van der Waals surface area (Å²) in [4.78, 5) is 25.7. The van der Waals surface area contributed by atoms with Crippen LogP contribution in [0.4, 0.5) is 0 Å². The quantitative estimate of drug-likeness (QED) is 0.785. The van der Waals surface area contributed by atoms with Crippen LogP contribution in [0, 0.1) is 0 Å². The molecule has 0 fully saturated rings. The van der Waals surface area contributed by atoms with E-state index in [1.807, 2.05) is 12.1 Å². The monoisotopic (exact) mass is 384 g/mol. The smallest absolute Gasteiger partial charge is 0.203 e. The van der Waals surface area contributed by atoms with E-state index in [9.17, 15) is 9.59 Å². The van der Waals surface area contributed by atoms with E-state index in [-0.39, 0.29) is 11.6 Å². The van der Waals surface area contributed by atoms with Crippen molar-refractivity contribution >= 4 is 11.6 Å². The number of allylic oxidation sites excluding steroid dienone is 4. The first kappa shape index (κ1) is 18.6. The first-order valence-electron chi connectivity index (χ1n) is 9.59. The van der Waals surface area contributed by atoms with Crippen molar-refractivity contribution in [2.24, 2.45) is 0 Å². The lowest BCUT2D eigenvalue weighted by atomic mass is 9.73. The van der Waals surface area contributed by atoms with Crippen molar-refractivity contribution in [2.45, 2.75) is 44.4 Å². The number of ketones is 2. The summed E-state index contributed by atoms with van der Waals surface area (Å²) in [5.41, 5.74) is 1.99. The lowest BCUT2D eigenvalue weighted by Gasteiger charge is -2.36. The van der Waals surface area contributed by atoms with Gasteiger partial charge in [0.1, 0.15) is 11.5 Å². The molecule has 2 aliphatic carbocycles. The molecule has 0 amide bonds. The highest BCUT2D eigenvalue weighted by atomic mass is 16.5. The number of carbonyl (C=O) groups is 2. The molecule has 6 nitrogen and oxygen atoms in total. The minimum atomic E-state index is -0.451. The third kappa shape index (κ3) is 2.87. The molecule has 148 valence electrons. The van der Waals surface area contributed by atoms with Crippen LogP contribution in [0.2, 0.25) is 0 Å². The minimum absolute atomic E-state index is 0.0462. The molecule has 3 aliphatic rings. The zero-order valence-corrected chi connectivity index (χ0v) is 16.4. The van der Waals surface area contributed by atoms with E-state index in [0.29, 0.717) is 65.6 Å². The summed E-state index contributed by atoms with van der Waals surface area (Å²) >= 11 is 0. The molecular formula is C22H24O6. The van der Waals surface area contributed by atoms with Gasteiger partial charge in [0.2, 0.25) is 5.75 Å². The third-order valence-corrected chi connectivity index (χ3v) is 5.66. The first-order valence-corrected chi connectivity index (χ1v) is 9.59. The fraction of sp³-hybridized carbons (Fsp3) is 0.455. The zero-order valence-electron chi connectivity index (χ0n) is 16.4. The maximum absolute atomic E-state index is 12.9. The van der Waals surface area contributed by atoms with Crippen LogP contribution in [0.3, 0.4) is 0 Å². The van der Waals surface area contributed by atoms with Gasteiger partial charge in [0.15, 0.2) is 23.1 Å². The molecule has 0 aromatic heterocycles. The molecule has 0 radical (unpaired) electrons. The van der Waals surface area contributed by atoms with Gasteiger partial charge in [0.25, 0.3) is 0 Å². The minimum Gasteiger partial charge on any atom is -0.493 e. The van der Waals surface area contributed by atoms with Crippen molar-refractivity contribution in [3.63, 3.8) is 0 Å². The zero-order chi connectivity index (χ0) is 19.8. The second-order valence-corrected chi connectivity index (χ2v) is 7.22. The molecule has 4 rings (SSSR count). The van der Waals surface area contributed by atoms with Crippen molar-refractivity contribution in [1.82, 2.24) is 0 Å². The molecule has 6 heteroatoms. The Morgan fingerprint density at radius 3 is 1.71 bits per heavy atom. The van der Waals surface area contributed by atoms with Gasteiger partial charge in [-0.3, -0.25) is 9.59 Å². The van der Waals surface area contributed by atoms with Gasteiger partial charge in [0.05, 0.1) is 21.3 Å². The number of rotatable bonds is 4. The number of methoxy groups -OCH3 is 3. The molecule has 1 aromatic carbocycles. The van der Waals surface area contributed by atoms with Gasteiger partial charge in [-0.05, 0) is 30.5 Å². The predicted octanol–water partition coefficient (Wildman–Crippen LogP) is 3.84. The summed E-state index contributed by atoms with van der Waals surface area (Å²) in [6, 6.07) is 3.66. The summed E-state index contributed by atoms with van der Waals surface area (Å²) in [7, 11) is 4.65. The Morgan fingerprint density at radius 1 is 0.786 bits per heavy atom. The maximum atomic E-state index is 12.9. The van der Waals surface area contributed by atoms with Crippen LogP contribution in [0.5, 0.6) is 17.2 Å². The van der Waals surface area contributed by atoms with Gasteiger partial charge in [-0.25, -0.2) is 0 Å². The van der Waals surface area contributed by atoms with E-state index in [1.165, 1.54) is 0 Å². The van der Waals surface area contributed by atoms with Crippen LogP contribution < -0.4 is 14.2 Å². The number of carbonyl (C=O) groups excluding carboxylic acids is 2. The molecule has 0 saturated carbocycles. The van der Waals surface area contributed by atoms with E-state index >= 15 is 0 Å². The lowest BCUT2D eigenvalue weighted by Crippen LogP contribution is -2.30. The molecule has 0 bridgehead atoms. The molecule has 28 heavy (non-hydrogen) atoms. The van der Waals surface area contributed by atoms with Gasteiger partial charge in [0, 0.05) is 42.7 Å². The predicted molar refractivity (Wildman–Crippen MR) is 102 cm³/mol. The average molecular weight is 384 g/mol. The van der Waals surface area contributed by atoms with Gasteiger partial charge < -0.3 is 18.9 Å². The third-order valence-electron chi connectivity index (χ3n) is 5.66. The molecule has 0 spiro atoms. The van der Waals surface area contributed by atoms with E-state index in [4.69, 9.17) is 18.9 Å². The summed E-state index contributed by atoms with van der Waals surface area (Å²) < 4.78 is 22.5. The van der Waals surface area contributed by atoms with Gasteiger partial charge in [-0.15, -0.1) is 0 Å². The Labute approximate surface area is 164 Å². The average Bonchev–Trinajstić information content (AvgIpc) is 2.71. The van der Waals surface area contributed by atoms with Crippen LogP contribution in [-0.4, -0.2) is 32.9 Å². The van der Waals surface area contributed by atoms with Crippen LogP contribution in [0.25, 0.3) is 0 Å². The van der Waals surface area contributed by atoms with Crippen LogP contribution in [-0.2, 0) is 14.3 Å². The van der Waals surface area contributed by atoms with E-state index in [1.54, 1.807) is 21.3 Å². The highest BCUT2D eigenvalue weighted by Crippen LogP contribution is 2.50. The van der Waals surface area contributed by atoms with Crippen LogP contribution >= 0.6 is 0 Å². The highest BCUT2D eigenvalue weighted by molar-refractivity contribution is 6.05. The van der Waals surface area contributed by atoms with Gasteiger partial charge in [-0.1, -0.05) is 0 Å². The van der Waals surface area contributed by atoms with Gasteiger partial charge >= 0.3 is 0 Å². The molecule has 1 heterocycles. The van der Waals surface area contributed by atoms with Crippen molar-refractivity contribution in [3.8, 4) is 17.2 Å². The molecule has 1 aliphatic heterocycles. The lowest BCUT2D eigenvalue weighted by molar-refractivity contribution is -0.117. The standard InChI is InChI=1S/C22H24O6/c1-25-17-10-12(11-18(26-2)22(17)27-3)19-20-13(23)6-4-8-15(20)28-16-9-5-7-14(24)21(16)19/h10-11,19H,4-9H2,1-3H3. The van der Waals surface area contributed by atoms with E-state index in [2.05, 4.69) is 0 Å². The number of ether oxygens (including phenoxy) is 4. The number of hydrogen-bond acceptors (Lipinski definition) is 6. The van der Waals surface area contributed by atoms with Crippen molar-refractivity contribution in [1.29, 1.82) is 0 Å². The Kier molecular flexibility index (Phi) is 4.87. The largest absolute Gasteiger partial charge is 0.493 e. The van der Waals surface area contributed by atoms with E-state index in [0.717, 1.165) is 18.4 Å². The van der Waals surface area contributed by atoms with Crippen molar-refractivity contribution in [3.05, 3.63) is 40.4 Å². The summed E-state index contributed by atoms with van der Waals surface area (Å²) in [5, 5.41) is 0. The highest BCUT2D eigenvalue weighted by Gasteiger charge is 2.42. The SMILES string of the molecule is COc1cc(C2C3=C(CCCC3=O)OC3=C2C(=O)CCC3)cc(OC)c1OC. The van der Waals surface area contributed by atoms with E-state index < -0.39 is 5.92 Å². The second kappa shape index (κ2) is 7.34. The molecule has 0 N–H and O–H groups in total. The Morgan fingerprint density at radius 2 is 1.29 bits per heavy atom. The molecule has 1 aromatic rings. The normalized spacial score (nSPS) is 19.8. The fourth-order valence-corrected chi connectivity index (χ4v) is 4.42. The second-order valence-electron chi connectivity index (χ2n) is 7.22. The number of hydrogen-bond donors (Lipinski definition) is 0. The Balaban J connectivity index is 1.94. The van der Waals surface area contributed by atoms with Crippen LogP contribution in [0.1, 0.15) is 50.0 Å². The summed E-state index contributed by atoms with van der Waals surface area (Å²) in [6.45, 7) is 0. The summed E-state index contributed by atoms with van der Waals surface area (Å²) in [6.07, 6.45) is 3.92. The maximum Gasteiger partial charge on any atom is 0.203 e. The van der Waals surface area contributed by atoms with Gasteiger partial charge in [-0.2, -0.15) is 0 Å². The fourth-order valence-electron chi connectivity index (χ4n) is 4.42. The molecule has 0 unspecified atom stereocenters. The van der Waals surface area contributed by atoms with Crippen LogP contribution in [0.15, 0.2) is 34.8 Å². The Hall–Kier alpha value is -2.76. The van der Waals surface area contributed by atoms with Crippen molar-refractivity contribution < 1.29 is 28.5 Å². The topological polar surface area (TPSA) is 71.1 Å². The molecular weight excluding hydrogens is 360 g/mol. The Bertz CT molecular complexity index is 841. The molecule has 0 atom stereocenters. The van der Waals surface area contributed by atoms with Crippen molar-refractivity contribution in [2.75, 3.05) is 21.3 Å². The first-order chi connectivity index (χ1) is 13.6. The number of benzene rings is 1. The molecule has 0 saturated heterocycles.